The lowest BCUT2D eigenvalue weighted by atomic mass is 9.87. The average molecular weight is 484 g/mol. The Hall–Kier alpha value is -3.48. The van der Waals surface area contributed by atoms with Crippen LogP contribution in [-0.2, 0) is 25.9 Å². The van der Waals surface area contributed by atoms with E-state index in [0.29, 0.717) is 24.2 Å². The van der Waals surface area contributed by atoms with Crippen molar-refractivity contribution >= 4 is 17.3 Å². The number of aryl methyl sites for hydroxylation is 1. The molecule has 2 aliphatic rings. The minimum Gasteiger partial charge on any atom is -0.496 e. The third-order valence-electron chi connectivity index (χ3n) is 6.89. The molecular formula is C28H26ClN5O. The second-order valence-corrected chi connectivity index (χ2v) is 9.42. The Balaban J connectivity index is 1.30. The van der Waals surface area contributed by atoms with Gasteiger partial charge in [0.05, 0.1) is 25.1 Å². The van der Waals surface area contributed by atoms with Crippen molar-refractivity contribution in [3.8, 4) is 11.4 Å². The topological polar surface area (TPSA) is 64.3 Å². The summed E-state index contributed by atoms with van der Waals surface area (Å²) >= 11 is 6.43. The SMILES string of the molecule is COc1cccc2c1CC(NCc1nnc3n1-c1ccc(Cl)cc1C(c1ccccc1)=NC3)CC2. The van der Waals surface area contributed by atoms with Crippen molar-refractivity contribution in [2.45, 2.75) is 38.4 Å². The van der Waals surface area contributed by atoms with E-state index >= 15 is 0 Å². The maximum atomic E-state index is 6.43. The minimum absolute atomic E-state index is 0.346. The van der Waals surface area contributed by atoms with Gasteiger partial charge in [0.1, 0.15) is 12.3 Å². The largest absolute Gasteiger partial charge is 0.496 e. The number of rotatable bonds is 5. The second kappa shape index (κ2) is 9.29. The fourth-order valence-corrected chi connectivity index (χ4v) is 5.35. The number of nitrogens with zero attached hydrogens (tertiary/aromatic N) is 4. The van der Waals surface area contributed by atoms with E-state index in [1.165, 1.54) is 11.1 Å². The van der Waals surface area contributed by atoms with Gasteiger partial charge in [0.2, 0.25) is 0 Å². The lowest BCUT2D eigenvalue weighted by molar-refractivity contribution is 0.392. The normalized spacial score (nSPS) is 16.5. The summed E-state index contributed by atoms with van der Waals surface area (Å²) in [5.41, 5.74) is 6.66. The highest BCUT2D eigenvalue weighted by Crippen LogP contribution is 2.31. The highest BCUT2D eigenvalue weighted by molar-refractivity contribution is 6.31. The van der Waals surface area contributed by atoms with Crippen molar-refractivity contribution in [2.75, 3.05) is 7.11 Å². The highest BCUT2D eigenvalue weighted by Gasteiger charge is 2.25. The van der Waals surface area contributed by atoms with Gasteiger partial charge in [-0.3, -0.25) is 9.56 Å². The van der Waals surface area contributed by atoms with Gasteiger partial charge in [-0.25, -0.2) is 0 Å². The number of ether oxygens (including phenoxy) is 1. The Morgan fingerprint density at radius 3 is 2.80 bits per heavy atom. The van der Waals surface area contributed by atoms with Crippen molar-refractivity contribution in [1.82, 2.24) is 20.1 Å². The molecule has 1 atom stereocenters. The minimum atomic E-state index is 0.346. The maximum Gasteiger partial charge on any atom is 0.159 e. The first-order valence-corrected chi connectivity index (χ1v) is 12.3. The van der Waals surface area contributed by atoms with Gasteiger partial charge in [-0.15, -0.1) is 10.2 Å². The lowest BCUT2D eigenvalue weighted by Gasteiger charge is -2.27. The first-order valence-electron chi connectivity index (χ1n) is 11.9. The molecule has 1 aromatic heterocycles. The molecule has 6 nitrogen and oxygen atoms in total. The number of aromatic nitrogens is 3. The van der Waals surface area contributed by atoms with E-state index in [-0.39, 0.29) is 0 Å². The Morgan fingerprint density at radius 2 is 1.94 bits per heavy atom. The first-order chi connectivity index (χ1) is 17.2. The highest BCUT2D eigenvalue weighted by atomic mass is 35.5. The van der Waals surface area contributed by atoms with Crippen molar-refractivity contribution in [3.63, 3.8) is 0 Å². The van der Waals surface area contributed by atoms with Gasteiger partial charge in [0.15, 0.2) is 11.6 Å². The fourth-order valence-electron chi connectivity index (χ4n) is 5.18. The third kappa shape index (κ3) is 4.13. The molecule has 0 saturated carbocycles. The van der Waals surface area contributed by atoms with Crippen molar-refractivity contribution in [2.24, 2.45) is 4.99 Å². The molecule has 4 aromatic rings. The van der Waals surface area contributed by atoms with Gasteiger partial charge >= 0.3 is 0 Å². The summed E-state index contributed by atoms with van der Waals surface area (Å²) in [4.78, 5) is 4.93. The number of nitrogens with one attached hydrogen (secondary N) is 1. The standard InChI is InChI=1S/C28H26ClN5O/c1-35-25-9-5-8-18-10-12-21(15-22(18)25)30-16-26-32-33-27-17-31-28(19-6-3-2-4-7-19)23-14-20(29)11-13-24(23)34(26)27/h2-9,11,13-14,21,30H,10,12,15-17H2,1H3. The first kappa shape index (κ1) is 22.0. The summed E-state index contributed by atoms with van der Waals surface area (Å²) in [5.74, 6) is 2.67. The van der Waals surface area contributed by atoms with Crippen molar-refractivity contribution in [3.05, 3.63) is 106 Å². The number of hydrogen-bond donors (Lipinski definition) is 1. The molecule has 0 radical (unpaired) electrons. The van der Waals surface area contributed by atoms with Gasteiger partial charge < -0.3 is 10.1 Å². The third-order valence-corrected chi connectivity index (χ3v) is 7.12. The van der Waals surface area contributed by atoms with E-state index in [1.54, 1.807) is 7.11 Å². The van der Waals surface area contributed by atoms with Crippen LogP contribution >= 0.6 is 11.6 Å². The second-order valence-electron chi connectivity index (χ2n) is 8.98. The van der Waals surface area contributed by atoms with Gasteiger partial charge in [0.25, 0.3) is 0 Å². The number of methoxy groups -OCH3 is 1. The maximum absolute atomic E-state index is 6.43. The Bertz CT molecular complexity index is 1400. The molecule has 0 spiro atoms. The van der Waals surface area contributed by atoms with Crippen LogP contribution in [0.15, 0.2) is 71.7 Å². The Kier molecular flexibility index (Phi) is 5.84. The number of halogens is 1. The van der Waals surface area contributed by atoms with Crippen molar-refractivity contribution in [1.29, 1.82) is 0 Å². The molecule has 3 aromatic carbocycles. The van der Waals surface area contributed by atoms with Gasteiger partial charge in [0, 0.05) is 22.2 Å². The molecule has 1 unspecified atom stereocenters. The number of aliphatic imine (C=N–C) groups is 1. The van der Waals surface area contributed by atoms with Gasteiger partial charge in [-0.1, -0.05) is 54.1 Å². The predicted octanol–water partition coefficient (Wildman–Crippen LogP) is 4.93. The summed E-state index contributed by atoms with van der Waals surface area (Å²) in [7, 11) is 1.74. The lowest BCUT2D eigenvalue weighted by Crippen LogP contribution is -2.35. The molecule has 0 saturated heterocycles. The zero-order valence-corrected chi connectivity index (χ0v) is 20.3. The van der Waals surface area contributed by atoms with Crippen molar-refractivity contribution < 1.29 is 4.74 Å². The van der Waals surface area contributed by atoms with Crippen LogP contribution in [0.3, 0.4) is 0 Å². The number of benzene rings is 3. The van der Waals surface area contributed by atoms with Gasteiger partial charge in [-0.2, -0.15) is 0 Å². The summed E-state index contributed by atoms with van der Waals surface area (Å²) < 4.78 is 7.75. The molecule has 1 aliphatic heterocycles. The van der Waals surface area contributed by atoms with Crippen LogP contribution in [0.2, 0.25) is 5.02 Å². The molecule has 1 aliphatic carbocycles. The molecule has 6 rings (SSSR count). The molecule has 0 fully saturated rings. The zero-order chi connectivity index (χ0) is 23.8. The molecule has 2 heterocycles. The molecule has 7 heteroatoms. The van der Waals surface area contributed by atoms with Crippen LogP contribution < -0.4 is 10.1 Å². The van der Waals surface area contributed by atoms with E-state index in [9.17, 15) is 0 Å². The monoisotopic (exact) mass is 483 g/mol. The smallest absolute Gasteiger partial charge is 0.159 e. The zero-order valence-electron chi connectivity index (χ0n) is 19.5. The quantitative estimate of drug-likeness (QED) is 0.437. The van der Waals surface area contributed by atoms with E-state index in [0.717, 1.165) is 59.2 Å². The summed E-state index contributed by atoms with van der Waals surface area (Å²) in [6.45, 7) is 1.07. The van der Waals surface area contributed by atoms with Crippen LogP contribution in [0.1, 0.15) is 40.3 Å². The Labute approximate surface area is 209 Å². The predicted molar refractivity (Wildman–Crippen MR) is 138 cm³/mol. The summed E-state index contributed by atoms with van der Waals surface area (Å²) in [6.07, 6.45) is 3.06. The molecule has 35 heavy (non-hydrogen) atoms. The van der Waals surface area contributed by atoms with Crippen LogP contribution in [-0.4, -0.2) is 33.6 Å². The van der Waals surface area contributed by atoms with Crippen LogP contribution in [0.25, 0.3) is 5.69 Å². The van der Waals surface area contributed by atoms with E-state index in [1.807, 2.05) is 42.5 Å². The van der Waals surface area contributed by atoms with Crippen LogP contribution in [0, 0.1) is 0 Å². The molecular weight excluding hydrogens is 458 g/mol. The molecule has 0 amide bonds. The van der Waals surface area contributed by atoms with Crippen LogP contribution in [0.4, 0.5) is 0 Å². The molecule has 1 N–H and O–H groups in total. The van der Waals surface area contributed by atoms with E-state index in [2.05, 4.69) is 44.3 Å². The van der Waals surface area contributed by atoms with Crippen LogP contribution in [0.5, 0.6) is 5.75 Å². The number of fused-ring (bicyclic) bond motifs is 4. The van der Waals surface area contributed by atoms with E-state index < -0.39 is 0 Å². The van der Waals surface area contributed by atoms with E-state index in [4.69, 9.17) is 21.3 Å². The number of hydrogen-bond acceptors (Lipinski definition) is 5. The fraction of sp³-hybridized carbons (Fsp3) is 0.250. The summed E-state index contributed by atoms with van der Waals surface area (Å²) in [5, 5.41) is 13.5. The molecule has 176 valence electrons. The summed E-state index contributed by atoms with van der Waals surface area (Å²) in [6, 6.07) is 22.8. The Morgan fingerprint density at radius 1 is 1.06 bits per heavy atom. The van der Waals surface area contributed by atoms with Gasteiger partial charge in [-0.05, 0) is 54.7 Å². The molecule has 0 bridgehead atoms. The average Bonchev–Trinajstić information content (AvgIpc) is 3.23.